The van der Waals surface area contributed by atoms with E-state index in [2.05, 4.69) is 15.7 Å². The van der Waals surface area contributed by atoms with Gasteiger partial charge in [0.1, 0.15) is 5.60 Å². The molecule has 186 valence electrons. The smallest absolute Gasteiger partial charge is 0.407 e. The molecule has 10 heteroatoms. The summed E-state index contributed by atoms with van der Waals surface area (Å²) in [4.78, 5) is 24.8. The molecule has 0 atom stereocenters. The predicted octanol–water partition coefficient (Wildman–Crippen LogP) is 5.96. The van der Waals surface area contributed by atoms with Crippen molar-refractivity contribution >= 4 is 41.0 Å². The molecule has 8 nitrogen and oxygen atoms in total. The normalized spacial score (nSPS) is 11.1. The second-order valence-electron chi connectivity index (χ2n) is 8.52. The molecule has 0 aliphatic rings. The van der Waals surface area contributed by atoms with Gasteiger partial charge in [-0.1, -0.05) is 47.5 Å². The summed E-state index contributed by atoms with van der Waals surface area (Å²) in [7, 11) is 0. The molecular weight excluding hydrogens is 491 g/mol. The molecule has 0 fully saturated rings. The van der Waals surface area contributed by atoms with Crippen LogP contribution in [0.4, 0.5) is 10.5 Å². The Kier molecular flexibility index (Phi) is 8.64. The van der Waals surface area contributed by atoms with Crippen molar-refractivity contribution in [3.63, 3.8) is 0 Å². The van der Waals surface area contributed by atoms with Crippen LogP contribution in [0.2, 0.25) is 10.0 Å². The Morgan fingerprint density at radius 2 is 1.71 bits per heavy atom. The number of ether oxygens (including phenoxy) is 2. The number of aromatic nitrogens is 2. The summed E-state index contributed by atoms with van der Waals surface area (Å²) in [5.74, 6) is -0.587. The molecular formula is C25H28Cl2N4O4. The number of nitrogens with zero attached hydrogens (tertiary/aromatic N) is 2. The quantitative estimate of drug-likeness (QED) is 0.282. The van der Waals surface area contributed by atoms with E-state index in [9.17, 15) is 9.59 Å². The Morgan fingerprint density at radius 1 is 1.03 bits per heavy atom. The number of para-hydroxylation sites is 1. The zero-order valence-electron chi connectivity index (χ0n) is 20.0. The lowest BCUT2D eigenvalue weighted by Crippen LogP contribution is -2.35. The van der Waals surface area contributed by atoms with E-state index in [4.69, 9.17) is 32.7 Å². The van der Waals surface area contributed by atoms with Crippen molar-refractivity contribution in [2.75, 3.05) is 25.0 Å². The molecule has 35 heavy (non-hydrogen) atoms. The maximum absolute atomic E-state index is 12.8. The fraction of sp³-hybridized carbons (Fsp3) is 0.320. The van der Waals surface area contributed by atoms with Gasteiger partial charge < -0.3 is 20.1 Å². The van der Waals surface area contributed by atoms with E-state index in [0.717, 1.165) is 5.56 Å². The number of amides is 1. The van der Waals surface area contributed by atoms with Gasteiger partial charge in [0.2, 0.25) is 0 Å². The van der Waals surface area contributed by atoms with Gasteiger partial charge in [0.15, 0.2) is 5.69 Å². The first kappa shape index (κ1) is 26.4. The molecule has 0 radical (unpaired) electrons. The monoisotopic (exact) mass is 518 g/mol. The van der Waals surface area contributed by atoms with E-state index in [1.54, 1.807) is 56.6 Å². The Bertz CT molecular complexity index is 1190. The van der Waals surface area contributed by atoms with Gasteiger partial charge in [-0.05, 0) is 52.0 Å². The predicted molar refractivity (Wildman–Crippen MR) is 138 cm³/mol. The molecule has 0 aliphatic carbocycles. The van der Waals surface area contributed by atoms with Crippen molar-refractivity contribution < 1.29 is 19.1 Å². The number of hydrogen-bond donors (Lipinski definition) is 2. The van der Waals surface area contributed by atoms with E-state index < -0.39 is 17.7 Å². The molecule has 2 N–H and O–H groups in total. The largest absolute Gasteiger partial charge is 0.461 e. The first-order valence-corrected chi connectivity index (χ1v) is 11.9. The highest BCUT2D eigenvalue weighted by Gasteiger charge is 2.26. The number of rotatable bonds is 8. The van der Waals surface area contributed by atoms with E-state index in [-0.39, 0.29) is 18.8 Å². The van der Waals surface area contributed by atoms with Crippen LogP contribution in [0, 0.1) is 0 Å². The number of anilines is 1. The molecule has 1 aromatic heterocycles. The topological polar surface area (TPSA) is 94.5 Å². The van der Waals surface area contributed by atoms with E-state index in [1.165, 1.54) is 0 Å². The Labute approximate surface area is 214 Å². The summed E-state index contributed by atoms with van der Waals surface area (Å²) < 4.78 is 12.1. The van der Waals surface area contributed by atoms with Crippen molar-refractivity contribution in [1.29, 1.82) is 0 Å². The molecule has 3 rings (SSSR count). The summed E-state index contributed by atoms with van der Waals surface area (Å²) >= 11 is 12.6. The minimum absolute atomic E-state index is 0.0917. The number of carbonyl (C=O) groups excluding carboxylic acids is 2. The van der Waals surface area contributed by atoms with Crippen LogP contribution in [0.3, 0.4) is 0 Å². The maximum atomic E-state index is 12.8. The molecule has 0 spiro atoms. The third-order valence-corrected chi connectivity index (χ3v) is 5.22. The average molecular weight is 519 g/mol. The number of hydrogen-bond acceptors (Lipinski definition) is 6. The Balaban J connectivity index is 2.02. The number of nitrogens with one attached hydrogen (secondary N) is 2. The number of esters is 1. The van der Waals surface area contributed by atoms with Crippen LogP contribution in [0.25, 0.3) is 16.9 Å². The van der Waals surface area contributed by atoms with Gasteiger partial charge in [-0.15, -0.1) is 0 Å². The molecule has 1 amide bonds. The first-order chi connectivity index (χ1) is 16.6. The summed E-state index contributed by atoms with van der Waals surface area (Å²) in [6.07, 6.45) is -0.533. The van der Waals surface area contributed by atoms with Crippen LogP contribution < -0.4 is 10.6 Å². The van der Waals surface area contributed by atoms with E-state index >= 15 is 0 Å². The average Bonchev–Trinajstić information content (AvgIpc) is 3.16. The molecule has 0 aliphatic heterocycles. The number of benzene rings is 2. The second kappa shape index (κ2) is 11.5. The standard InChI is InChI=1S/C25H28Cl2N4O4/c1-5-34-23(32)21-20(28-14-15-29-24(33)35-25(2,3)4)22(16-10-12-17(26)13-11-16)31(30-21)19-9-7-6-8-18(19)27/h6-13,28H,5,14-15H2,1-4H3,(H,29,33). The fourth-order valence-corrected chi connectivity index (χ4v) is 3.61. The first-order valence-electron chi connectivity index (χ1n) is 11.1. The van der Waals surface area contributed by atoms with Gasteiger partial charge in [0.05, 0.1) is 28.7 Å². The highest BCUT2D eigenvalue weighted by Crippen LogP contribution is 2.36. The third kappa shape index (κ3) is 6.90. The number of halogens is 2. The fourth-order valence-electron chi connectivity index (χ4n) is 3.27. The number of carbonyl (C=O) groups is 2. The van der Waals surface area contributed by atoms with Crippen LogP contribution in [0.15, 0.2) is 48.5 Å². The van der Waals surface area contributed by atoms with Crippen LogP contribution in [-0.2, 0) is 9.47 Å². The lowest BCUT2D eigenvalue weighted by Gasteiger charge is -2.19. The lowest BCUT2D eigenvalue weighted by molar-refractivity contribution is 0.0512. The SMILES string of the molecule is CCOC(=O)c1nn(-c2ccccc2Cl)c(-c2ccc(Cl)cc2)c1NCCNC(=O)OC(C)(C)C. The third-order valence-electron chi connectivity index (χ3n) is 4.65. The molecule has 0 saturated carbocycles. The van der Waals surface area contributed by atoms with Gasteiger partial charge in [0.25, 0.3) is 0 Å². The van der Waals surface area contributed by atoms with Crippen LogP contribution in [-0.4, -0.2) is 47.1 Å². The van der Waals surface area contributed by atoms with Gasteiger partial charge in [-0.2, -0.15) is 5.10 Å². The van der Waals surface area contributed by atoms with Crippen molar-refractivity contribution in [2.24, 2.45) is 0 Å². The molecule has 0 saturated heterocycles. The minimum Gasteiger partial charge on any atom is -0.461 e. The van der Waals surface area contributed by atoms with Crippen LogP contribution >= 0.6 is 23.2 Å². The molecule has 0 unspecified atom stereocenters. The van der Waals surface area contributed by atoms with Gasteiger partial charge in [0, 0.05) is 23.7 Å². The Morgan fingerprint density at radius 3 is 2.34 bits per heavy atom. The summed E-state index contributed by atoms with van der Waals surface area (Å²) in [6.45, 7) is 7.82. The zero-order chi connectivity index (χ0) is 25.6. The van der Waals surface area contributed by atoms with Gasteiger partial charge in [-0.3, -0.25) is 0 Å². The summed E-state index contributed by atoms with van der Waals surface area (Å²) in [5.41, 5.74) is 1.86. The number of alkyl carbamates (subject to hydrolysis) is 1. The van der Waals surface area contributed by atoms with Crippen LogP contribution in [0.5, 0.6) is 0 Å². The second-order valence-corrected chi connectivity index (χ2v) is 9.36. The summed E-state index contributed by atoms with van der Waals surface area (Å²) in [5, 5.41) is 11.5. The van der Waals surface area contributed by atoms with Gasteiger partial charge >= 0.3 is 12.1 Å². The molecule has 1 heterocycles. The zero-order valence-corrected chi connectivity index (χ0v) is 21.5. The Hall–Kier alpha value is -3.23. The van der Waals surface area contributed by atoms with Crippen molar-refractivity contribution in [3.05, 3.63) is 64.3 Å². The van der Waals surface area contributed by atoms with Crippen molar-refractivity contribution in [1.82, 2.24) is 15.1 Å². The molecule has 3 aromatic rings. The molecule has 2 aromatic carbocycles. The summed E-state index contributed by atoms with van der Waals surface area (Å²) in [6, 6.07) is 14.3. The van der Waals surface area contributed by atoms with E-state index in [0.29, 0.717) is 33.7 Å². The highest BCUT2D eigenvalue weighted by molar-refractivity contribution is 6.32. The van der Waals surface area contributed by atoms with Crippen molar-refractivity contribution in [3.8, 4) is 16.9 Å². The van der Waals surface area contributed by atoms with Crippen LogP contribution in [0.1, 0.15) is 38.2 Å². The minimum atomic E-state index is -0.605. The highest BCUT2D eigenvalue weighted by atomic mass is 35.5. The molecule has 0 bridgehead atoms. The van der Waals surface area contributed by atoms with Crippen molar-refractivity contribution in [2.45, 2.75) is 33.3 Å². The van der Waals surface area contributed by atoms with E-state index in [1.807, 2.05) is 24.3 Å². The lowest BCUT2D eigenvalue weighted by atomic mass is 10.1. The maximum Gasteiger partial charge on any atom is 0.407 e. The van der Waals surface area contributed by atoms with Gasteiger partial charge in [-0.25, -0.2) is 14.3 Å².